The fourth-order valence-electron chi connectivity index (χ4n) is 3.50. The quantitative estimate of drug-likeness (QED) is 0.578. The summed E-state index contributed by atoms with van der Waals surface area (Å²) in [6.45, 7) is 7.10. The normalized spacial score (nSPS) is 19.9. The topological polar surface area (TPSA) is 61.8 Å². The summed E-state index contributed by atoms with van der Waals surface area (Å²) < 4.78 is 19.5. The first kappa shape index (κ1) is 21.0. The molecule has 0 aliphatic carbocycles. The molecule has 6 nitrogen and oxygen atoms in total. The van der Waals surface area contributed by atoms with Gasteiger partial charge in [0.25, 0.3) is 0 Å². The predicted octanol–water partition coefficient (Wildman–Crippen LogP) is 2.74. The lowest BCUT2D eigenvalue weighted by Gasteiger charge is -2.36. The maximum atomic E-state index is 13.7. The van der Waals surface area contributed by atoms with Crippen LogP contribution in [0.3, 0.4) is 0 Å². The van der Waals surface area contributed by atoms with Crippen molar-refractivity contribution in [2.45, 2.75) is 39.0 Å². The van der Waals surface area contributed by atoms with E-state index >= 15 is 0 Å². The smallest absolute Gasteiger partial charge is 0.191 e. The molecule has 0 amide bonds. The lowest BCUT2D eigenvalue weighted by molar-refractivity contribution is -0.00545. The number of ether oxygens (including phenoxy) is 1. The molecule has 3 rings (SSSR count). The zero-order valence-electron chi connectivity index (χ0n) is 17.4. The van der Waals surface area contributed by atoms with Crippen LogP contribution in [-0.4, -0.2) is 49.8 Å². The fraction of sp³-hybridized carbons (Fsp3) is 0.455. The van der Waals surface area contributed by atoms with Crippen LogP contribution in [-0.2, 0) is 17.7 Å². The van der Waals surface area contributed by atoms with Gasteiger partial charge in [0, 0.05) is 39.4 Å². The maximum absolute atomic E-state index is 13.7. The summed E-state index contributed by atoms with van der Waals surface area (Å²) >= 11 is 0. The maximum Gasteiger partial charge on any atom is 0.191 e. The van der Waals surface area contributed by atoms with Gasteiger partial charge in [-0.15, -0.1) is 0 Å². The first-order valence-corrected chi connectivity index (χ1v) is 10.1. The fourth-order valence-corrected chi connectivity index (χ4v) is 3.50. The Hall–Kier alpha value is -2.67. The molecule has 0 spiro atoms. The van der Waals surface area contributed by atoms with E-state index in [1.807, 2.05) is 12.3 Å². The van der Waals surface area contributed by atoms with Gasteiger partial charge in [0.1, 0.15) is 11.6 Å². The van der Waals surface area contributed by atoms with Crippen LogP contribution in [0.2, 0.25) is 0 Å². The summed E-state index contributed by atoms with van der Waals surface area (Å²) in [7, 11) is 1.72. The minimum absolute atomic E-state index is 0.174. The highest BCUT2D eigenvalue weighted by atomic mass is 19.1. The van der Waals surface area contributed by atoms with E-state index < -0.39 is 0 Å². The van der Waals surface area contributed by atoms with E-state index in [2.05, 4.69) is 51.5 Å². The zero-order chi connectivity index (χ0) is 20.6. The number of hydrogen-bond donors (Lipinski definition) is 2. The summed E-state index contributed by atoms with van der Waals surface area (Å²) in [4.78, 5) is 11.1. The van der Waals surface area contributed by atoms with Gasteiger partial charge in [0.15, 0.2) is 5.96 Å². The number of rotatable bonds is 6. The van der Waals surface area contributed by atoms with Crippen molar-refractivity contribution in [2.24, 2.45) is 4.99 Å². The highest BCUT2D eigenvalue weighted by molar-refractivity contribution is 5.79. The third-order valence-corrected chi connectivity index (χ3v) is 4.88. The number of nitrogens with one attached hydrogen (secondary N) is 2. The molecule has 2 atom stereocenters. The number of hydrogen-bond acceptors (Lipinski definition) is 4. The number of morpholine rings is 1. The number of halogens is 1. The van der Waals surface area contributed by atoms with Crippen molar-refractivity contribution >= 4 is 11.8 Å². The molecule has 1 fully saturated rings. The van der Waals surface area contributed by atoms with Crippen molar-refractivity contribution in [3.05, 3.63) is 59.5 Å². The number of guanidine groups is 1. The number of benzene rings is 1. The van der Waals surface area contributed by atoms with Crippen LogP contribution in [0, 0.1) is 5.82 Å². The first-order chi connectivity index (χ1) is 14.0. The molecule has 2 heterocycles. The number of aliphatic imine (C=N–C) groups is 1. The molecule has 1 aliphatic rings. The molecule has 0 bridgehead atoms. The monoisotopic (exact) mass is 399 g/mol. The van der Waals surface area contributed by atoms with E-state index in [-0.39, 0.29) is 18.0 Å². The van der Waals surface area contributed by atoms with Gasteiger partial charge in [-0.25, -0.2) is 9.37 Å². The Kier molecular flexibility index (Phi) is 7.41. The Balaban J connectivity index is 1.46. The molecule has 0 saturated carbocycles. The van der Waals surface area contributed by atoms with Crippen molar-refractivity contribution < 1.29 is 9.13 Å². The Bertz CT molecular complexity index is 801. The highest BCUT2D eigenvalue weighted by Crippen LogP contribution is 2.18. The second-order valence-electron chi connectivity index (χ2n) is 7.38. The lowest BCUT2D eigenvalue weighted by Crippen LogP contribution is -2.45. The average Bonchev–Trinajstić information content (AvgIpc) is 2.71. The van der Waals surface area contributed by atoms with Gasteiger partial charge >= 0.3 is 0 Å². The Morgan fingerprint density at radius 2 is 1.93 bits per heavy atom. The van der Waals surface area contributed by atoms with E-state index in [4.69, 9.17) is 4.74 Å². The van der Waals surface area contributed by atoms with Crippen LogP contribution in [0.25, 0.3) is 0 Å². The van der Waals surface area contributed by atoms with Gasteiger partial charge in [-0.1, -0.05) is 24.3 Å². The molecule has 1 aromatic carbocycles. The van der Waals surface area contributed by atoms with Crippen LogP contribution >= 0.6 is 0 Å². The molecular formula is C22H30FN5O. The predicted molar refractivity (Wildman–Crippen MR) is 115 cm³/mol. The minimum atomic E-state index is -0.174. The van der Waals surface area contributed by atoms with Crippen LogP contribution in [0.1, 0.15) is 25.0 Å². The van der Waals surface area contributed by atoms with Crippen LogP contribution in [0.4, 0.5) is 10.2 Å². The van der Waals surface area contributed by atoms with Crippen molar-refractivity contribution in [1.29, 1.82) is 0 Å². The van der Waals surface area contributed by atoms with Crippen molar-refractivity contribution in [1.82, 2.24) is 15.6 Å². The third kappa shape index (κ3) is 6.15. The van der Waals surface area contributed by atoms with Crippen LogP contribution in [0.5, 0.6) is 0 Å². The van der Waals surface area contributed by atoms with Crippen molar-refractivity contribution in [3.8, 4) is 0 Å². The van der Waals surface area contributed by atoms with Crippen molar-refractivity contribution in [2.75, 3.05) is 31.6 Å². The molecule has 29 heavy (non-hydrogen) atoms. The Morgan fingerprint density at radius 3 is 2.59 bits per heavy atom. The SMILES string of the molecule is CN=C(NCCc1ccccc1F)NCc1ccc(N2CC(C)OC(C)C2)nc1. The molecule has 2 aromatic rings. The largest absolute Gasteiger partial charge is 0.372 e. The summed E-state index contributed by atoms with van der Waals surface area (Å²) in [6, 6.07) is 11.0. The molecule has 2 unspecified atom stereocenters. The molecule has 156 valence electrons. The summed E-state index contributed by atoms with van der Waals surface area (Å²) in [5.74, 6) is 1.48. The second-order valence-corrected chi connectivity index (χ2v) is 7.38. The summed E-state index contributed by atoms with van der Waals surface area (Å²) in [5.41, 5.74) is 1.77. The summed E-state index contributed by atoms with van der Waals surface area (Å²) in [5, 5.41) is 6.49. The molecule has 7 heteroatoms. The number of pyridine rings is 1. The average molecular weight is 400 g/mol. The van der Waals surface area contributed by atoms with E-state index in [0.717, 1.165) is 24.5 Å². The number of nitrogens with zero attached hydrogens (tertiary/aromatic N) is 3. The minimum Gasteiger partial charge on any atom is -0.372 e. The number of aromatic nitrogens is 1. The Labute approximate surface area is 172 Å². The lowest BCUT2D eigenvalue weighted by atomic mass is 10.1. The summed E-state index contributed by atoms with van der Waals surface area (Å²) in [6.07, 6.45) is 2.90. The van der Waals surface area contributed by atoms with Gasteiger partial charge < -0.3 is 20.3 Å². The molecule has 0 radical (unpaired) electrons. The van der Waals surface area contributed by atoms with Crippen LogP contribution < -0.4 is 15.5 Å². The van der Waals surface area contributed by atoms with Gasteiger partial charge in [-0.05, 0) is 43.5 Å². The Morgan fingerprint density at radius 1 is 1.17 bits per heavy atom. The zero-order valence-corrected chi connectivity index (χ0v) is 17.4. The standard InChI is InChI=1S/C22H30FN5O/c1-16-14-28(15-17(2)29-16)21-9-8-18(12-26-21)13-27-22(24-3)25-11-10-19-6-4-5-7-20(19)23/h4-9,12,16-17H,10-11,13-15H2,1-3H3,(H2,24,25,27). The molecular weight excluding hydrogens is 369 g/mol. The molecule has 2 N–H and O–H groups in total. The van der Waals surface area contributed by atoms with Gasteiger partial charge in [0.05, 0.1) is 12.2 Å². The molecule has 1 aromatic heterocycles. The number of anilines is 1. The van der Waals surface area contributed by atoms with E-state index in [1.54, 1.807) is 19.2 Å². The van der Waals surface area contributed by atoms with Crippen LogP contribution in [0.15, 0.2) is 47.6 Å². The van der Waals surface area contributed by atoms with Crippen molar-refractivity contribution in [3.63, 3.8) is 0 Å². The molecule has 1 saturated heterocycles. The van der Waals surface area contributed by atoms with E-state index in [1.165, 1.54) is 6.07 Å². The van der Waals surface area contributed by atoms with Gasteiger partial charge in [0.2, 0.25) is 0 Å². The molecule has 1 aliphatic heterocycles. The van der Waals surface area contributed by atoms with E-state index in [0.29, 0.717) is 31.0 Å². The highest BCUT2D eigenvalue weighted by Gasteiger charge is 2.22. The van der Waals surface area contributed by atoms with Gasteiger partial charge in [-0.3, -0.25) is 4.99 Å². The van der Waals surface area contributed by atoms with E-state index in [9.17, 15) is 4.39 Å². The third-order valence-electron chi connectivity index (χ3n) is 4.88. The van der Waals surface area contributed by atoms with Gasteiger partial charge in [-0.2, -0.15) is 0 Å². The first-order valence-electron chi connectivity index (χ1n) is 10.1. The second kappa shape index (κ2) is 10.2.